The average molecular weight is 345 g/mol. The van der Waals surface area contributed by atoms with Crippen LogP contribution in [0, 0.1) is 6.92 Å². The van der Waals surface area contributed by atoms with Gasteiger partial charge in [-0.25, -0.2) is 4.79 Å². The molecule has 0 aliphatic heterocycles. The highest BCUT2D eigenvalue weighted by Crippen LogP contribution is 2.41. The number of carboxylic acids is 1. The SMILES string of the molecule is Cc1ccc(C(=O)O)c(O[Si](C)(C)C(C)(C)C)c1Br. The van der Waals surface area contributed by atoms with Crippen LogP contribution in [0.3, 0.4) is 0 Å². The molecule has 0 aromatic heterocycles. The van der Waals surface area contributed by atoms with Gasteiger partial charge in [0.25, 0.3) is 8.32 Å². The number of carboxylic acid groups (broad SMARTS) is 1. The Kier molecular flexibility index (Phi) is 4.52. The first-order valence-corrected chi connectivity index (χ1v) is 9.89. The van der Waals surface area contributed by atoms with Crippen molar-refractivity contribution in [2.75, 3.05) is 0 Å². The minimum absolute atomic E-state index is 0.0198. The lowest BCUT2D eigenvalue weighted by Crippen LogP contribution is -2.44. The second-order valence-electron chi connectivity index (χ2n) is 6.24. The molecule has 0 radical (unpaired) electrons. The molecule has 0 saturated carbocycles. The van der Waals surface area contributed by atoms with Crippen molar-refractivity contribution in [3.05, 3.63) is 27.7 Å². The highest BCUT2D eigenvalue weighted by atomic mass is 79.9. The lowest BCUT2D eigenvalue weighted by molar-refractivity contribution is 0.0694. The van der Waals surface area contributed by atoms with Crippen LogP contribution in [-0.2, 0) is 0 Å². The van der Waals surface area contributed by atoms with Gasteiger partial charge in [-0.2, -0.15) is 0 Å². The fourth-order valence-corrected chi connectivity index (χ4v) is 2.94. The van der Waals surface area contributed by atoms with Crippen LogP contribution in [0.5, 0.6) is 5.75 Å². The van der Waals surface area contributed by atoms with Gasteiger partial charge in [-0.3, -0.25) is 0 Å². The van der Waals surface area contributed by atoms with Crippen molar-refractivity contribution in [2.45, 2.75) is 45.8 Å². The Bertz CT molecular complexity index is 504. The number of hydrogen-bond donors (Lipinski definition) is 1. The number of rotatable bonds is 3. The Hall–Kier alpha value is -0.813. The fraction of sp³-hybridized carbons (Fsp3) is 0.500. The molecule has 0 saturated heterocycles. The molecule has 0 aliphatic carbocycles. The van der Waals surface area contributed by atoms with Crippen molar-refractivity contribution in [1.29, 1.82) is 0 Å². The largest absolute Gasteiger partial charge is 0.542 e. The third-order valence-electron chi connectivity index (χ3n) is 3.68. The number of benzene rings is 1. The van der Waals surface area contributed by atoms with E-state index in [9.17, 15) is 9.90 Å². The Morgan fingerprint density at radius 2 is 1.84 bits per heavy atom. The number of aromatic carboxylic acids is 1. The first-order valence-electron chi connectivity index (χ1n) is 6.19. The van der Waals surface area contributed by atoms with Gasteiger partial charge in [-0.15, -0.1) is 0 Å². The minimum Gasteiger partial charge on any atom is -0.542 e. The van der Waals surface area contributed by atoms with E-state index in [1.54, 1.807) is 12.1 Å². The van der Waals surface area contributed by atoms with Crippen LogP contribution in [-0.4, -0.2) is 19.4 Å². The molecule has 1 rings (SSSR count). The van der Waals surface area contributed by atoms with E-state index >= 15 is 0 Å². The Morgan fingerprint density at radius 3 is 2.26 bits per heavy atom. The van der Waals surface area contributed by atoms with Crippen LogP contribution in [0.1, 0.15) is 36.7 Å². The van der Waals surface area contributed by atoms with E-state index in [4.69, 9.17) is 4.43 Å². The topological polar surface area (TPSA) is 46.5 Å². The van der Waals surface area contributed by atoms with Crippen LogP contribution < -0.4 is 4.43 Å². The van der Waals surface area contributed by atoms with Gasteiger partial charge in [-0.1, -0.05) is 26.8 Å². The van der Waals surface area contributed by atoms with E-state index in [0.29, 0.717) is 5.75 Å². The molecule has 0 unspecified atom stereocenters. The van der Waals surface area contributed by atoms with Crippen molar-refractivity contribution in [1.82, 2.24) is 0 Å². The second-order valence-corrected chi connectivity index (χ2v) is 11.8. The highest BCUT2D eigenvalue weighted by Gasteiger charge is 2.40. The molecular formula is C14H21BrO3Si. The van der Waals surface area contributed by atoms with Crippen molar-refractivity contribution in [3.63, 3.8) is 0 Å². The summed E-state index contributed by atoms with van der Waals surface area (Å²) in [6, 6.07) is 3.39. The van der Waals surface area contributed by atoms with E-state index in [1.807, 2.05) is 6.92 Å². The van der Waals surface area contributed by atoms with Gasteiger partial charge in [0, 0.05) is 0 Å². The molecule has 1 aromatic rings. The molecule has 5 heteroatoms. The number of aryl methyl sites for hydroxylation is 1. The first kappa shape index (κ1) is 16.2. The van der Waals surface area contributed by atoms with Crippen LogP contribution >= 0.6 is 15.9 Å². The number of halogens is 1. The maximum Gasteiger partial charge on any atom is 0.339 e. The van der Waals surface area contributed by atoms with Crippen molar-refractivity contribution in [3.8, 4) is 5.75 Å². The molecule has 0 aliphatic rings. The van der Waals surface area contributed by atoms with Crippen LogP contribution in [0.2, 0.25) is 18.1 Å². The quantitative estimate of drug-likeness (QED) is 0.798. The van der Waals surface area contributed by atoms with Crippen molar-refractivity contribution < 1.29 is 14.3 Å². The summed E-state index contributed by atoms with van der Waals surface area (Å²) in [4.78, 5) is 11.3. The fourth-order valence-electron chi connectivity index (χ4n) is 1.33. The van der Waals surface area contributed by atoms with E-state index in [1.165, 1.54) is 0 Å². The summed E-state index contributed by atoms with van der Waals surface area (Å²) in [7, 11) is -2.07. The first-order chi connectivity index (χ1) is 8.47. The van der Waals surface area contributed by atoms with Gasteiger partial charge in [0.15, 0.2) is 0 Å². The number of hydrogen-bond acceptors (Lipinski definition) is 2. The summed E-state index contributed by atoms with van der Waals surface area (Å²) in [5, 5.41) is 9.32. The van der Waals surface area contributed by atoms with Gasteiger partial charge >= 0.3 is 5.97 Å². The monoisotopic (exact) mass is 344 g/mol. The van der Waals surface area contributed by atoms with Gasteiger partial charge < -0.3 is 9.53 Å². The minimum atomic E-state index is -2.07. The van der Waals surface area contributed by atoms with Gasteiger partial charge in [0.2, 0.25) is 0 Å². The summed E-state index contributed by atoms with van der Waals surface area (Å²) < 4.78 is 6.92. The van der Waals surface area contributed by atoms with E-state index in [-0.39, 0.29) is 10.6 Å². The van der Waals surface area contributed by atoms with E-state index in [2.05, 4.69) is 49.8 Å². The molecule has 19 heavy (non-hydrogen) atoms. The summed E-state index contributed by atoms with van der Waals surface area (Å²) in [5.41, 5.74) is 1.18. The third kappa shape index (κ3) is 3.39. The van der Waals surface area contributed by atoms with Crippen LogP contribution in [0.4, 0.5) is 0 Å². The van der Waals surface area contributed by atoms with Crippen molar-refractivity contribution in [2.24, 2.45) is 0 Å². The zero-order valence-corrected chi connectivity index (χ0v) is 14.9. The molecule has 0 amide bonds. The van der Waals surface area contributed by atoms with Crippen molar-refractivity contribution >= 4 is 30.2 Å². The third-order valence-corrected chi connectivity index (χ3v) is 9.00. The summed E-state index contributed by atoms with van der Waals surface area (Å²) >= 11 is 3.45. The molecule has 0 atom stereocenters. The normalized spacial score (nSPS) is 12.4. The second kappa shape index (κ2) is 5.29. The zero-order valence-electron chi connectivity index (χ0n) is 12.3. The smallest absolute Gasteiger partial charge is 0.339 e. The molecule has 3 nitrogen and oxygen atoms in total. The summed E-state index contributed by atoms with van der Waals surface area (Å²) in [6.07, 6.45) is 0. The van der Waals surface area contributed by atoms with E-state index in [0.717, 1.165) is 10.0 Å². The Labute approximate surface area is 124 Å². The lowest BCUT2D eigenvalue weighted by atomic mass is 10.1. The molecule has 1 aromatic carbocycles. The predicted octanol–water partition coefficient (Wildman–Crippen LogP) is 4.84. The molecule has 0 heterocycles. The van der Waals surface area contributed by atoms with Gasteiger partial charge in [-0.05, 0) is 52.6 Å². The lowest BCUT2D eigenvalue weighted by Gasteiger charge is -2.37. The predicted molar refractivity (Wildman–Crippen MR) is 83.7 cm³/mol. The summed E-state index contributed by atoms with van der Waals surface area (Å²) in [6.45, 7) is 12.5. The zero-order chi connectivity index (χ0) is 15.0. The Balaban J connectivity index is 3.35. The highest BCUT2D eigenvalue weighted by molar-refractivity contribution is 9.10. The standard InChI is InChI=1S/C14H21BrO3Si/c1-9-7-8-10(13(16)17)12(11(9)15)18-19(5,6)14(2,3)4/h7-8H,1-6H3,(H,16,17). The molecule has 0 fully saturated rings. The molecule has 0 spiro atoms. The summed E-state index contributed by atoms with van der Waals surface area (Å²) in [5.74, 6) is -0.506. The van der Waals surface area contributed by atoms with Gasteiger partial charge in [0.1, 0.15) is 11.3 Å². The van der Waals surface area contributed by atoms with Crippen LogP contribution in [0.15, 0.2) is 16.6 Å². The Morgan fingerprint density at radius 1 is 1.32 bits per heavy atom. The number of carbonyl (C=O) groups is 1. The molecular weight excluding hydrogens is 324 g/mol. The maximum atomic E-state index is 11.3. The molecule has 106 valence electrons. The van der Waals surface area contributed by atoms with Gasteiger partial charge in [0.05, 0.1) is 4.47 Å². The van der Waals surface area contributed by atoms with E-state index < -0.39 is 14.3 Å². The maximum absolute atomic E-state index is 11.3. The molecule has 1 N–H and O–H groups in total. The molecule has 0 bridgehead atoms. The van der Waals surface area contributed by atoms with Crippen LogP contribution in [0.25, 0.3) is 0 Å². The average Bonchev–Trinajstić information content (AvgIpc) is 2.22.